The Morgan fingerprint density at radius 1 is 1.29 bits per heavy atom. The monoisotopic (exact) mass is 309 g/mol. The van der Waals surface area contributed by atoms with E-state index in [4.69, 9.17) is 0 Å². The van der Waals surface area contributed by atoms with E-state index < -0.39 is 23.3 Å². The molecule has 1 aromatic heterocycles. The number of aliphatic carboxylic acids is 1. The van der Waals surface area contributed by atoms with E-state index >= 15 is 0 Å². The van der Waals surface area contributed by atoms with Gasteiger partial charge in [0.25, 0.3) is 5.91 Å². The van der Waals surface area contributed by atoms with Crippen molar-refractivity contribution >= 4 is 33.3 Å². The fraction of sp³-hybridized carbons (Fsp3) is 0.333. The van der Waals surface area contributed by atoms with E-state index in [1.165, 1.54) is 12.1 Å². The molecule has 0 saturated heterocycles. The Morgan fingerprint density at radius 3 is 2.52 bits per heavy atom. The molecule has 0 spiro atoms. The minimum absolute atomic E-state index is 0.366. The number of thiophene rings is 1. The van der Waals surface area contributed by atoms with Gasteiger partial charge in [-0.15, -0.1) is 11.3 Å². The largest absolute Gasteiger partial charge is 0.480 e. The molecule has 1 heterocycles. The summed E-state index contributed by atoms with van der Waals surface area (Å²) in [5, 5.41) is 12.5. The number of rotatable bonds is 3. The molecule has 2 rings (SSSR count). The second kappa shape index (κ2) is 5.44. The molecular weight excluding hydrogens is 293 g/mol. The van der Waals surface area contributed by atoms with E-state index in [2.05, 4.69) is 5.32 Å². The predicted octanol–water partition coefficient (Wildman–Crippen LogP) is 3.27. The van der Waals surface area contributed by atoms with Gasteiger partial charge >= 0.3 is 5.97 Å². The molecule has 2 aromatic rings. The molecule has 6 heteroatoms. The van der Waals surface area contributed by atoms with Gasteiger partial charge < -0.3 is 10.4 Å². The van der Waals surface area contributed by atoms with Crippen LogP contribution >= 0.6 is 11.3 Å². The van der Waals surface area contributed by atoms with Crippen molar-refractivity contribution in [3.63, 3.8) is 0 Å². The van der Waals surface area contributed by atoms with Gasteiger partial charge in [-0.3, -0.25) is 4.79 Å². The molecule has 1 aromatic carbocycles. The minimum Gasteiger partial charge on any atom is -0.480 e. The van der Waals surface area contributed by atoms with Gasteiger partial charge in [-0.2, -0.15) is 0 Å². The van der Waals surface area contributed by atoms with E-state index in [1.807, 2.05) is 0 Å². The van der Waals surface area contributed by atoms with E-state index in [0.29, 0.717) is 9.58 Å². The van der Waals surface area contributed by atoms with Crippen molar-refractivity contribution in [2.45, 2.75) is 26.8 Å². The number of carbonyl (C=O) groups excluding carboxylic acids is 1. The van der Waals surface area contributed by atoms with Gasteiger partial charge in [0.1, 0.15) is 11.9 Å². The summed E-state index contributed by atoms with van der Waals surface area (Å²) in [5.41, 5.74) is -0.607. The summed E-state index contributed by atoms with van der Waals surface area (Å²) in [6, 6.07) is 4.92. The van der Waals surface area contributed by atoms with E-state index in [1.54, 1.807) is 32.9 Å². The number of amides is 1. The Labute approximate surface area is 125 Å². The molecule has 0 fully saturated rings. The summed E-state index contributed by atoms with van der Waals surface area (Å²) >= 11 is 1.14. The molecule has 112 valence electrons. The summed E-state index contributed by atoms with van der Waals surface area (Å²) in [5.74, 6) is -1.91. The number of hydrogen-bond donors (Lipinski definition) is 2. The second-order valence-electron chi connectivity index (χ2n) is 5.90. The van der Waals surface area contributed by atoms with Gasteiger partial charge in [-0.1, -0.05) is 26.8 Å². The third kappa shape index (κ3) is 3.39. The van der Waals surface area contributed by atoms with E-state index in [-0.39, 0.29) is 5.82 Å². The van der Waals surface area contributed by atoms with Crippen LogP contribution in [-0.2, 0) is 4.79 Å². The standard InChI is InChI=1S/C15H16FNO3S/c1-15(2,3)12(14(19)20)17-13(18)11-6-8-4-5-9(16)7-10(8)21-11/h4-7,12H,1-3H3,(H,17,18)(H,19,20)/t12-/m1/s1. The smallest absolute Gasteiger partial charge is 0.326 e. The first-order valence-corrected chi connectivity index (χ1v) is 7.23. The number of benzene rings is 1. The third-order valence-electron chi connectivity index (χ3n) is 3.09. The van der Waals surface area contributed by atoms with Crippen LogP contribution in [-0.4, -0.2) is 23.0 Å². The van der Waals surface area contributed by atoms with Crippen LogP contribution in [0.15, 0.2) is 24.3 Å². The molecule has 4 nitrogen and oxygen atoms in total. The van der Waals surface area contributed by atoms with Gasteiger partial charge in [0, 0.05) is 4.70 Å². The highest BCUT2D eigenvalue weighted by atomic mass is 32.1. The normalized spacial score (nSPS) is 13.1. The van der Waals surface area contributed by atoms with Crippen LogP contribution in [0.5, 0.6) is 0 Å². The molecule has 0 radical (unpaired) electrons. The molecular formula is C15H16FNO3S. The van der Waals surface area contributed by atoms with Crippen molar-refractivity contribution in [3.8, 4) is 0 Å². The average molecular weight is 309 g/mol. The molecule has 21 heavy (non-hydrogen) atoms. The molecule has 0 aliphatic rings. The number of carbonyl (C=O) groups is 2. The number of halogens is 1. The summed E-state index contributed by atoms with van der Waals surface area (Å²) in [4.78, 5) is 23.8. The predicted molar refractivity (Wildman–Crippen MR) is 80.1 cm³/mol. The fourth-order valence-electron chi connectivity index (χ4n) is 1.97. The van der Waals surface area contributed by atoms with Crippen molar-refractivity contribution < 1.29 is 19.1 Å². The minimum atomic E-state index is -1.08. The lowest BCUT2D eigenvalue weighted by Crippen LogP contribution is -2.48. The first-order chi connectivity index (χ1) is 9.68. The maximum atomic E-state index is 13.1. The zero-order valence-electron chi connectivity index (χ0n) is 11.9. The van der Waals surface area contributed by atoms with Crippen molar-refractivity contribution in [1.82, 2.24) is 5.32 Å². The zero-order valence-corrected chi connectivity index (χ0v) is 12.8. The summed E-state index contributed by atoms with van der Waals surface area (Å²) in [6.45, 7) is 5.23. The van der Waals surface area contributed by atoms with Gasteiger partial charge in [-0.05, 0) is 29.0 Å². The van der Waals surface area contributed by atoms with Crippen molar-refractivity contribution in [2.24, 2.45) is 5.41 Å². The number of carboxylic acid groups (broad SMARTS) is 1. The lowest BCUT2D eigenvalue weighted by Gasteiger charge is -2.27. The number of carboxylic acids is 1. The highest BCUT2D eigenvalue weighted by Gasteiger charge is 2.33. The van der Waals surface area contributed by atoms with Gasteiger partial charge in [0.15, 0.2) is 0 Å². The zero-order chi connectivity index (χ0) is 15.8. The molecule has 0 aliphatic carbocycles. The van der Waals surface area contributed by atoms with Crippen molar-refractivity contribution in [2.75, 3.05) is 0 Å². The molecule has 1 amide bonds. The van der Waals surface area contributed by atoms with E-state index in [9.17, 15) is 19.1 Å². The van der Waals surface area contributed by atoms with Crippen molar-refractivity contribution in [1.29, 1.82) is 0 Å². The van der Waals surface area contributed by atoms with Crippen LogP contribution in [0.4, 0.5) is 4.39 Å². The van der Waals surface area contributed by atoms with Crippen LogP contribution in [0.2, 0.25) is 0 Å². The lowest BCUT2D eigenvalue weighted by atomic mass is 9.87. The average Bonchev–Trinajstić information content (AvgIpc) is 2.76. The Bertz CT molecular complexity index is 702. The maximum Gasteiger partial charge on any atom is 0.326 e. The number of hydrogen-bond acceptors (Lipinski definition) is 3. The molecule has 0 saturated carbocycles. The lowest BCUT2D eigenvalue weighted by molar-refractivity contribution is -0.142. The molecule has 2 N–H and O–H groups in total. The SMILES string of the molecule is CC(C)(C)[C@H](NC(=O)c1cc2ccc(F)cc2s1)C(=O)O. The van der Waals surface area contributed by atoms with Gasteiger partial charge in [-0.25, -0.2) is 9.18 Å². The van der Waals surface area contributed by atoms with Gasteiger partial charge in [0.2, 0.25) is 0 Å². The summed E-state index contributed by atoms with van der Waals surface area (Å²) in [6.07, 6.45) is 0. The Morgan fingerprint density at radius 2 is 1.95 bits per heavy atom. The number of nitrogens with one attached hydrogen (secondary N) is 1. The number of fused-ring (bicyclic) bond motifs is 1. The Balaban J connectivity index is 2.27. The summed E-state index contributed by atoms with van der Waals surface area (Å²) in [7, 11) is 0. The highest BCUT2D eigenvalue weighted by Crippen LogP contribution is 2.27. The fourth-order valence-corrected chi connectivity index (χ4v) is 2.96. The maximum absolute atomic E-state index is 13.1. The third-order valence-corrected chi connectivity index (χ3v) is 4.19. The molecule has 0 unspecified atom stereocenters. The molecule has 0 aliphatic heterocycles. The van der Waals surface area contributed by atoms with E-state index in [0.717, 1.165) is 16.7 Å². The van der Waals surface area contributed by atoms with Crippen LogP contribution in [0.25, 0.3) is 10.1 Å². The first-order valence-electron chi connectivity index (χ1n) is 6.41. The van der Waals surface area contributed by atoms with Crippen LogP contribution in [0, 0.1) is 11.2 Å². The van der Waals surface area contributed by atoms with Crippen molar-refractivity contribution in [3.05, 3.63) is 35.0 Å². The quantitative estimate of drug-likeness (QED) is 0.914. The Hall–Kier alpha value is -1.95. The highest BCUT2D eigenvalue weighted by molar-refractivity contribution is 7.20. The van der Waals surface area contributed by atoms with Crippen LogP contribution in [0.3, 0.4) is 0 Å². The second-order valence-corrected chi connectivity index (χ2v) is 6.99. The van der Waals surface area contributed by atoms with Crippen LogP contribution in [0.1, 0.15) is 30.4 Å². The topological polar surface area (TPSA) is 66.4 Å². The molecule has 0 bridgehead atoms. The van der Waals surface area contributed by atoms with Gasteiger partial charge in [0.05, 0.1) is 4.88 Å². The Kier molecular flexibility index (Phi) is 4.00. The molecule has 1 atom stereocenters. The first kappa shape index (κ1) is 15.4. The van der Waals surface area contributed by atoms with Crippen LogP contribution < -0.4 is 5.32 Å². The summed E-state index contributed by atoms with van der Waals surface area (Å²) < 4.78 is 13.8.